The zero-order chi connectivity index (χ0) is 46.1. The molecule has 0 aromatic heterocycles. The smallest absolute Gasteiger partial charge is 0.408 e. The number of nitrogens with one attached hydrogen (secondary N) is 1. The Morgan fingerprint density at radius 2 is 1.59 bits per heavy atom. The van der Waals surface area contributed by atoms with E-state index in [0.717, 1.165) is 12.0 Å². The van der Waals surface area contributed by atoms with Gasteiger partial charge in [0.25, 0.3) is 0 Å². The van der Waals surface area contributed by atoms with Crippen LogP contribution in [-0.4, -0.2) is 98.7 Å². The summed E-state index contributed by atoms with van der Waals surface area (Å²) in [4.78, 5) is 40.2. The number of hydrogen-bond acceptors (Lipinski definition) is 11. The van der Waals surface area contributed by atoms with Crippen LogP contribution in [-0.2, 0) is 44.6 Å². The second-order valence-electron chi connectivity index (χ2n) is 20.1. The van der Waals surface area contributed by atoms with Crippen molar-refractivity contribution >= 4 is 17.8 Å². The number of carboxylic acids is 1. The van der Waals surface area contributed by atoms with E-state index in [4.69, 9.17) is 28.4 Å². The molecule has 0 saturated carbocycles. The van der Waals surface area contributed by atoms with E-state index >= 15 is 0 Å². The van der Waals surface area contributed by atoms with Crippen molar-refractivity contribution in [3.63, 3.8) is 0 Å². The normalized spacial score (nSPS) is 40.5. The fourth-order valence-electron chi connectivity index (χ4n) is 11.5. The van der Waals surface area contributed by atoms with E-state index in [9.17, 15) is 29.7 Å². The van der Waals surface area contributed by atoms with Gasteiger partial charge < -0.3 is 49.1 Å². The number of ether oxygens (including phenoxy) is 6. The molecule has 5 aliphatic heterocycles. The van der Waals surface area contributed by atoms with Gasteiger partial charge in [-0.15, -0.1) is 0 Å². The third kappa shape index (κ3) is 10.1. The Morgan fingerprint density at radius 1 is 0.889 bits per heavy atom. The molecule has 2 spiro atoms. The second-order valence-corrected chi connectivity index (χ2v) is 20.1. The Kier molecular flexibility index (Phi) is 15.6. The molecule has 0 radical (unpaired) electrons. The number of alkyl carbamates (subject to hydrolysis) is 1. The molecule has 1 amide bonds. The molecule has 4 saturated heterocycles. The average molecular weight is 884 g/mol. The zero-order valence-corrected chi connectivity index (χ0v) is 39.4. The molecule has 13 nitrogen and oxygen atoms in total. The fraction of sp³-hybridized carbons (Fsp3) is 0.780. The maximum atomic E-state index is 14.7. The van der Waals surface area contributed by atoms with Crippen LogP contribution < -0.4 is 5.32 Å². The molecule has 1 aromatic carbocycles. The van der Waals surface area contributed by atoms with Crippen molar-refractivity contribution in [2.75, 3.05) is 0 Å². The summed E-state index contributed by atoms with van der Waals surface area (Å²) in [6.45, 7) is 19.8. The van der Waals surface area contributed by atoms with Gasteiger partial charge in [-0.25, -0.2) is 4.79 Å². The summed E-state index contributed by atoms with van der Waals surface area (Å²) in [5.74, 6) is -6.31. The van der Waals surface area contributed by atoms with Gasteiger partial charge in [-0.1, -0.05) is 85.7 Å². The fourth-order valence-corrected chi connectivity index (χ4v) is 11.5. The minimum Gasteiger partial charge on any atom is -0.481 e. The summed E-state index contributed by atoms with van der Waals surface area (Å²) in [7, 11) is 0. The zero-order valence-electron chi connectivity index (χ0n) is 39.4. The van der Waals surface area contributed by atoms with Gasteiger partial charge >= 0.3 is 12.1 Å². The van der Waals surface area contributed by atoms with E-state index in [-0.39, 0.29) is 36.2 Å². The number of carbonyl (C=O) groups excluding carboxylic acids is 2. The van der Waals surface area contributed by atoms with Crippen molar-refractivity contribution in [3.05, 3.63) is 48.0 Å². The molecule has 354 valence electrons. The summed E-state index contributed by atoms with van der Waals surface area (Å²) in [5.41, 5.74) is -0.857. The molecule has 18 atom stereocenters. The maximum Gasteiger partial charge on any atom is 0.408 e. The summed E-state index contributed by atoms with van der Waals surface area (Å²) >= 11 is 0. The number of hydrogen-bond donors (Lipinski definition) is 4. The van der Waals surface area contributed by atoms with E-state index < -0.39 is 95.1 Å². The Labute approximate surface area is 375 Å². The molecule has 5 heterocycles. The number of amides is 1. The molecule has 4 fully saturated rings. The predicted molar refractivity (Wildman–Crippen MR) is 236 cm³/mol. The predicted octanol–water partition coefficient (Wildman–Crippen LogP) is 8.12. The molecule has 5 aliphatic rings. The first-order chi connectivity index (χ1) is 29.8. The van der Waals surface area contributed by atoms with Crippen LogP contribution in [0.5, 0.6) is 0 Å². The van der Waals surface area contributed by atoms with E-state index in [1.807, 2.05) is 84.0 Å². The average Bonchev–Trinajstić information content (AvgIpc) is 3.60. The van der Waals surface area contributed by atoms with Crippen molar-refractivity contribution in [1.29, 1.82) is 0 Å². The third-order valence-electron chi connectivity index (χ3n) is 15.9. The van der Waals surface area contributed by atoms with Crippen LogP contribution in [0.3, 0.4) is 0 Å². The summed E-state index contributed by atoms with van der Waals surface area (Å²) in [5, 5.41) is 35.8. The van der Waals surface area contributed by atoms with Crippen LogP contribution in [0.15, 0.2) is 42.5 Å². The number of aliphatic hydroxyl groups excluding tert-OH is 1. The number of carboxylic acid groups (broad SMARTS) is 1. The number of benzene rings is 1. The van der Waals surface area contributed by atoms with E-state index in [1.54, 1.807) is 6.92 Å². The largest absolute Gasteiger partial charge is 0.481 e. The highest BCUT2D eigenvalue weighted by Crippen LogP contribution is 2.54. The van der Waals surface area contributed by atoms with Gasteiger partial charge in [0.05, 0.1) is 53.7 Å². The molecule has 13 heteroatoms. The van der Waals surface area contributed by atoms with Crippen LogP contribution in [0.1, 0.15) is 139 Å². The van der Waals surface area contributed by atoms with Gasteiger partial charge in [0.2, 0.25) is 5.79 Å². The van der Waals surface area contributed by atoms with Crippen molar-refractivity contribution < 1.29 is 58.1 Å². The van der Waals surface area contributed by atoms with Gasteiger partial charge in [-0.05, 0) is 101 Å². The summed E-state index contributed by atoms with van der Waals surface area (Å²) in [6, 6.07) is 9.58. The van der Waals surface area contributed by atoms with Gasteiger partial charge in [-0.3, -0.25) is 9.59 Å². The Morgan fingerprint density at radius 3 is 2.22 bits per heavy atom. The molecule has 0 aliphatic carbocycles. The van der Waals surface area contributed by atoms with E-state index in [0.29, 0.717) is 57.8 Å². The third-order valence-corrected chi connectivity index (χ3v) is 15.9. The molecule has 0 unspecified atom stereocenters. The number of aliphatic carboxylic acids is 1. The highest BCUT2D eigenvalue weighted by atomic mass is 16.8. The number of ketones is 1. The molecule has 63 heavy (non-hydrogen) atoms. The monoisotopic (exact) mass is 884 g/mol. The lowest BCUT2D eigenvalue weighted by molar-refractivity contribution is -0.408. The quantitative estimate of drug-likeness (QED) is 0.125. The van der Waals surface area contributed by atoms with E-state index in [1.165, 1.54) is 0 Å². The second kappa shape index (κ2) is 19.9. The molecular weight excluding hydrogens is 807 g/mol. The van der Waals surface area contributed by atoms with Gasteiger partial charge in [0.15, 0.2) is 11.9 Å². The SMILES string of the molecule is CC[C@@H](C(=O)[C@@H](C)[C@@H](O)[C@H](C)[C@@H]1O[C@@H]([C@@H](CC)C(=O)O)CC[C@@H]1C)[C@H]1O[C@]2(C=C[C@@H](OC(=O)NCc3ccccc3)[C@]3(CC[C@@](C)([C@H]4CC[C@](O)(CC)[C@H](C)O4)O3)O2)[C@H](C)C[C@@H]1C. The number of aliphatic hydroxyl groups is 2. The van der Waals surface area contributed by atoms with Crippen molar-refractivity contribution in [2.24, 2.45) is 41.4 Å². The van der Waals surface area contributed by atoms with Gasteiger partial charge in [0.1, 0.15) is 5.78 Å². The van der Waals surface area contributed by atoms with Crippen molar-refractivity contribution in [3.8, 4) is 0 Å². The molecule has 1 aromatic rings. The molecular formula is C50H77NO12. The molecule has 0 bridgehead atoms. The lowest BCUT2D eigenvalue weighted by Gasteiger charge is -2.54. The topological polar surface area (TPSA) is 179 Å². The number of carbonyl (C=O) groups is 3. The number of Topliss-reactive ketones (excluding diaryl/α,β-unsaturated/α-hetero) is 1. The first kappa shape index (κ1) is 49.5. The lowest BCUT2D eigenvalue weighted by Crippen LogP contribution is -2.63. The van der Waals surface area contributed by atoms with Crippen LogP contribution >= 0.6 is 0 Å². The van der Waals surface area contributed by atoms with E-state index in [2.05, 4.69) is 26.1 Å². The summed E-state index contributed by atoms with van der Waals surface area (Å²) < 4.78 is 40.6. The standard InChI is InChI=1S/C50H77NO12/c1-11-36(45(54)55)38-20-19-29(4)43(59-38)33(8)41(52)32(7)42(53)37(12-2)44-30(5)27-31(6)49(61-44)24-22-40(60-46(56)51-28-35-17-15-14-16-18-35)50(63-49)26-25-47(10,62-50)39-21-23-48(57,13-3)34(9)58-39/h14-18,22,24,29-34,36-41,43-44,52,57H,11-13,19-21,23,25-28H2,1-10H3,(H,51,56)(H,54,55)/t29-,30-,31+,32-,33-,34-,36+,37-,38+,39+,40+,41+,43+,44-,47-,48+,49-,50-/m0/s1. The Bertz CT molecular complexity index is 1760. The molecule has 6 rings (SSSR count). The minimum absolute atomic E-state index is 0.0411. The van der Waals surface area contributed by atoms with Crippen LogP contribution in [0.4, 0.5) is 4.79 Å². The van der Waals surface area contributed by atoms with Crippen LogP contribution in [0.2, 0.25) is 0 Å². The van der Waals surface area contributed by atoms with Gasteiger partial charge in [-0.2, -0.15) is 0 Å². The Balaban J connectivity index is 1.23. The summed E-state index contributed by atoms with van der Waals surface area (Å²) in [6.07, 6.45) is 4.44. The minimum atomic E-state index is -1.46. The lowest BCUT2D eigenvalue weighted by atomic mass is 9.72. The highest BCUT2D eigenvalue weighted by molar-refractivity contribution is 5.84. The number of rotatable bonds is 15. The Hall–Kier alpha value is -2.91. The highest BCUT2D eigenvalue weighted by Gasteiger charge is 2.64. The first-order valence-corrected chi connectivity index (χ1v) is 24.0. The first-order valence-electron chi connectivity index (χ1n) is 24.0. The van der Waals surface area contributed by atoms with Crippen molar-refractivity contribution in [2.45, 2.75) is 205 Å². The van der Waals surface area contributed by atoms with Gasteiger partial charge in [0, 0.05) is 36.6 Å². The van der Waals surface area contributed by atoms with Crippen molar-refractivity contribution in [1.82, 2.24) is 5.32 Å². The van der Waals surface area contributed by atoms with Crippen LogP contribution in [0, 0.1) is 41.4 Å². The maximum absolute atomic E-state index is 14.7. The molecule has 4 N–H and O–H groups in total. The van der Waals surface area contributed by atoms with Crippen LogP contribution in [0.25, 0.3) is 0 Å².